The Labute approximate surface area is 792 Å². The van der Waals surface area contributed by atoms with Crippen LogP contribution in [0.1, 0.15) is 85.9 Å². The maximum absolute atomic E-state index is 13.9. The standard InChI is InChI=1S/C32H29FN6O.C30H30FN3O3.C26H23FN4O.C21H23FN4O2/c1-22-18-24(12-13-27(22)33)29-19-30(23-8-4-2-5-9-23)39(37-29)21-31(40)38-16-14-25-20-34-32(36-28(25)15-17-38)35-26-10-6-3-7-11-26;1-20-15-24(9-10-25(20)31)26-18-27(21-7-5-4-6-8-21)34(32-26)19-30(35)33-13-11-22-16-28(36-2)29(37-3)17-23(22)12-14-33;1-18-14-20(9-10-22(18)27)24-15-25(19-6-3-2-4-7-19)31(29-24)17-26(32)30-13-11-23-21(16-30)8-5-12-28-23;1-4-16-10-19(15-5-6-17(22)13(2)9-15)24-26(16)12-21(27)25-8-7-18-20(11-25)28-14(3)23-18/h2-13,18-20H,14-17,21H2,1H3,(H,34,35,36);4-10,15-18H,11-14,19H2,1-3H3;2-10,12,14-15H,11,13,16-17H2,1H3;5-6,9-10H,4,7-8,11-12H2,1-3H3. The van der Waals surface area contributed by atoms with E-state index in [-0.39, 0.29) is 73.1 Å². The Morgan fingerprint density at radius 2 is 0.745 bits per heavy atom. The van der Waals surface area contributed by atoms with Crippen LogP contribution in [0, 0.1) is 57.9 Å². The van der Waals surface area contributed by atoms with Gasteiger partial charge in [0.05, 0.1) is 72.0 Å². The van der Waals surface area contributed by atoms with Gasteiger partial charge in [0, 0.05) is 124 Å². The van der Waals surface area contributed by atoms with Crippen LogP contribution in [0.15, 0.2) is 259 Å². The van der Waals surface area contributed by atoms with Gasteiger partial charge >= 0.3 is 0 Å². The van der Waals surface area contributed by atoms with Crippen LogP contribution in [0.4, 0.5) is 29.2 Å². The summed E-state index contributed by atoms with van der Waals surface area (Å²) >= 11 is 0. The fourth-order valence-electron chi connectivity index (χ4n) is 17.6. The predicted molar refractivity (Wildman–Crippen MR) is 518 cm³/mol. The van der Waals surface area contributed by atoms with Crippen molar-refractivity contribution in [2.45, 2.75) is 126 Å². The van der Waals surface area contributed by atoms with Crippen LogP contribution in [0.2, 0.25) is 0 Å². The minimum Gasteiger partial charge on any atom is -0.493 e. The van der Waals surface area contributed by atoms with Gasteiger partial charge in [-0.25, -0.2) is 32.5 Å². The predicted octanol–water partition coefficient (Wildman–Crippen LogP) is 19.2. The number of benzene rings is 9. The zero-order valence-electron chi connectivity index (χ0n) is 77.7. The number of hydrogen-bond acceptors (Lipinski definition) is 16. The molecule has 11 heterocycles. The highest BCUT2D eigenvalue weighted by molar-refractivity contribution is 5.81. The number of aryl methyl sites for hydroxylation is 6. The molecule has 137 heavy (non-hydrogen) atoms. The number of nitrogens with zero attached hydrogens (tertiary/aromatic N) is 16. The number of oxazole rings is 1. The van der Waals surface area contributed by atoms with Crippen molar-refractivity contribution in [1.29, 1.82) is 0 Å². The second-order valence-corrected chi connectivity index (χ2v) is 34.4. The maximum Gasteiger partial charge on any atom is 0.244 e. The molecule has 0 atom stereocenters. The highest BCUT2D eigenvalue weighted by atomic mass is 19.1. The summed E-state index contributed by atoms with van der Waals surface area (Å²) in [4.78, 5) is 78.6. The number of hydrogen-bond donors (Lipinski definition) is 1. The summed E-state index contributed by atoms with van der Waals surface area (Å²) in [6.45, 7) is 16.0. The first-order valence-corrected chi connectivity index (χ1v) is 45.9. The first kappa shape index (κ1) is 93.1. The van der Waals surface area contributed by atoms with Crippen LogP contribution in [0.5, 0.6) is 11.5 Å². The van der Waals surface area contributed by atoms with E-state index in [1.54, 1.807) is 120 Å². The maximum atomic E-state index is 13.9. The number of anilines is 2. The number of nitrogens with one attached hydrogen (secondary N) is 1. The topological polar surface area (TPSA) is 248 Å². The summed E-state index contributed by atoms with van der Waals surface area (Å²) in [5.74, 6) is 2.40. The molecule has 7 aromatic heterocycles. The van der Waals surface area contributed by atoms with Crippen molar-refractivity contribution in [2.75, 3.05) is 58.8 Å². The van der Waals surface area contributed by atoms with Gasteiger partial charge in [-0.15, -0.1) is 0 Å². The van der Waals surface area contributed by atoms with E-state index in [0.29, 0.717) is 134 Å². The summed E-state index contributed by atoms with van der Waals surface area (Å²) in [6.07, 6.45) is 8.70. The second kappa shape index (κ2) is 42.2. The van der Waals surface area contributed by atoms with Gasteiger partial charge in [0.25, 0.3) is 0 Å². The van der Waals surface area contributed by atoms with Crippen molar-refractivity contribution < 1.29 is 50.6 Å². The number of carbonyl (C=O) groups is 4. The number of halogens is 4. The quantitative estimate of drug-likeness (QED) is 0.0697. The third kappa shape index (κ3) is 22.0. The van der Waals surface area contributed by atoms with Crippen molar-refractivity contribution >= 4 is 35.3 Å². The number of rotatable bonds is 20. The minimum atomic E-state index is -0.253. The number of pyridine rings is 1. The minimum absolute atomic E-state index is 0.000611. The zero-order chi connectivity index (χ0) is 95.3. The molecule has 1 N–H and O–H groups in total. The molecule has 0 bridgehead atoms. The molecule has 0 aliphatic carbocycles. The molecule has 0 fully saturated rings. The Balaban J connectivity index is 0.000000128. The van der Waals surface area contributed by atoms with Gasteiger partial charge in [0.1, 0.15) is 55.2 Å². The largest absolute Gasteiger partial charge is 0.493 e. The van der Waals surface area contributed by atoms with Crippen molar-refractivity contribution in [3.8, 4) is 90.3 Å². The summed E-state index contributed by atoms with van der Waals surface area (Å²) in [5, 5.41) is 22.2. The van der Waals surface area contributed by atoms with Gasteiger partial charge in [-0.2, -0.15) is 20.4 Å². The van der Waals surface area contributed by atoms with Crippen molar-refractivity contribution in [1.82, 2.24) is 78.7 Å². The van der Waals surface area contributed by atoms with E-state index in [2.05, 4.69) is 25.4 Å². The highest BCUT2D eigenvalue weighted by Gasteiger charge is 2.31. The third-order valence-electron chi connectivity index (χ3n) is 25.2. The molecule has 9 aromatic carbocycles. The molecule has 24 nitrogen and oxygen atoms in total. The summed E-state index contributed by atoms with van der Waals surface area (Å²) in [7, 11) is 3.26. The van der Waals surface area contributed by atoms with Gasteiger partial charge in [-0.3, -0.25) is 42.9 Å². The van der Waals surface area contributed by atoms with Gasteiger partial charge in [0.2, 0.25) is 29.6 Å². The Hall–Kier alpha value is -15.7. The Morgan fingerprint density at radius 3 is 1.18 bits per heavy atom. The molecule has 4 aliphatic heterocycles. The van der Waals surface area contributed by atoms with E-state index < -0.39 is 0 Å². The van der Waals surface area contributed by atoms with E-state index >= 15 is 0 Å². The molecular weight excluding hydrogens is 1740 g/mol. The Bertz CT molecular complexity index is 7020. The Kier molecular flexibility index (Phi) is 28.7. The molecule has 0 radical (unpaired) electrons. The number of fused-ring (bicyclic) bond motifs is 4. The summed E-state index contributed by atoms with van der Waals surface area (Å²) in [5.41, 5.74) is 23.2. The van der Waals surface area contributed by atoms with Crippen LogP contribution >= 0.6 is 0 Å². The van der Waals surface area contributed by atoms with Crippen LogP contribution in [-0.2, 0) is 103 Å². The van der Waals surface area contributed by atoms with Gasteiger partial charge in [-0.1, -0.05) is 122 Å². The molecule has 20 rings (SSSR count). The highest BCUT2D eigenvalue weighted by Crippen LogP contribution is 2.37. The molecule has 0 saturated heterocycles. The average molecular weight is 1840 g/mol. The lowest BCUT2D eigenvalue weighted by molar-refractivity contribution is -0.134. The van der Waals surface area contributed by atoms with Gasteiger partial charge in [0.15, 0.2) is 17.4 Å². The van der Waals surface area contributed by atoms with Crippen LogP contribution in [0.3, 0.4) is 0 Å². The fourth-order valence-corrected chi connectivity index (χ4v) is 17.6. The molecule has 16 aromatic rings. The first-order chi connectivity index (χ1) is 66.5. The van der Waals surface area contributed by atoms with E-state index in [1.807, 2.05) is 205 Å². The molecule has 4 aliphatic rings. The molecule has 0 spiro atoms. The third-order valence-corrected chi connectivity index (χ3v) is 25.2. The van der Waals surface area contributed by atoms with E-state index in [4.69, 9.17) is 34.2 Å². The van der Waals surface area contributed by atoms with Gasteiger partial charge < -0.3 is 38.8 Å². The normalized spacial score (nSPS) is 13.2. The Morgan fingerprint density at radius 1 is 0.365 bits per heavy atom. The summed E-state index contributed by atoms with van der Waals surface area (Å²) < 4.78 is 78.7. The monoisotopic (exact) mass is 1840 g/mol. The van der Waals surface area contributed by atoms with Crippen molar-refractivity contribution in [3.05, 3.63) is 357 Å². The molecule has 0 saturated carbocycles. The lowest BCUT2D eigenvalue weighted by Crippen LogP contribution is -2.38. The van der Waals surface area contributed by atoms with E-state index in [0.717, 1.165) is 133 Å². The molecule has 28 heteroatoms. The van der Waals surface area contributed by atoms with Gasteiger partial charge in [-0.05, 0) is 242 Å². The molecular formula is C109H105F4N17O7. The summed E-state index contributed by atoms with van der Waals surface area (Å²) in [6, 6.07) is 75.1. The van der Waals surface area contributed by atoms with Crippen LogP contribution in [0.25, 0.3) is 78.8 Å². The SMILES string of the molecule is CCc1cc(-c2ccc(F)c(C)c2)nn1CC(=O)N1CCc2nc(C)oc2C1.COc1cc2c(cc1OC)CCN(C(=O)Cn1nc(-c3ccc(F)c(C)c3)cc1-c1ccccc1)CC2.Cc1cc(-c2cc(-c3ccccc3)n(CC(=O)N3CCc4cnc(Nc5ccccc5)nc4CC3)n2)ccc1F.Cc1cc(-c2cc(-c3ccccc3)n(CC(=O)N3CCc4ncccc4C3)n2)ccc1F. The second-order valence-electron chi connectivity index (χ2n) is 34.4. The molecule has 4 amide bonds. The van der Waals surface area contributed by atoms with E-state index in [1.165, 1.54) is 35.4 Å². The first-order valence-electron chi connectivity index (χ1n) is 45.9. The van der Waals surface area contributed by atoms with E-state index in [9.17, 15) is 36.7 Å². The lowest BCUT2D eigenvalue weighted by Gasteiger charge is -2.28. The van der Waals surface area contributed by atoms with Crippen molar-refractivity contribution in [3.63, 3.8) is 0 Å². The number of para-hydroxylation sites is 1. The van der Waals surface area contributed by atoms with Crippen LogP contribution in [-0.4, -0.2) is 156 Å². The number of amides is 4. The average Bonchev–Trinajstić information content (AvgIpc) is 1.74. The van der Waals surface area contributed by atoms with Crippen molar-refractivity contribution in [2.24, 2.45) is 0 Å². The number of aromatic nitrogens is 12. The zero-order valence-corrected chi connectivity index (χ0v) is 77.7. The number of methoxy groups -OCH3 is 2. The molecule has 696 valence electrons. The number of ether oxygens (including phenoxy) is 2. The van der Waals surface area contributed by atoms with Crippen LogP contribution < -0.4 is 14.8 Å². The number of carbonyl (C=O) groups excluding carboxylic acids is 4. The molecule has 0 unspecified atom stereocenters. The lowest BCUT2D eigenvalue weighted by atomic mass is 10.0. The fraction of sp³-hybridized carbons (Fsp3) is 0.248. The smallest absolute Gasteiger partial charge is 0.244 e.